The van der Waals surface area contributed by atoms with Gasteiger partial charge in [0, 0.05) is 17.9 Å². The summed E-state index contributed by atoms with van der Waals surface area (Å²) in [5, 5.41) is 0. The molecule has 1 amide bonds. The first-order valence-electron chi connectivity index (χ1n) is 7.57. The quantitative estimate of drug-likeness (QED) is 0.903. The molecule has 0 radical (unpaired) electrons. The van der Waals surface area contributed by atoms with Crippen molar-refractivity contribution in [1.82, 2.24) is 0 Å². The zero-order valence-corrected chi connectivity index (χ0v) is 15.0. The van der Waals surface area contributed by atoms with Gasteiger partial charge in [-0.25, -0.2) is 8.42 Å². The largest absolute Gasteiger partial charge is 0.489 e. The molecule has 0 spiro atoms. The first-order valence-corrected chi connectivity index (χ1v) is 9.87. The third-order valence-corrected chi connectivity index (χ3v) is 6.81. The molecule has 0 bridgehead atoms. The van der Waals surface area contributed by atoms with E-state index in [4.69, 9.17) is 4.74 Å². The molecule has 1 aliphatic rings. The average molecular weight is 366 g/mol. The fourth-order valence-electron chi connectivity index (χ4n) is 2.51. The molecule has 128 valence electrons. The van der Waals surface area contributed by atoms with E-state index in [0.717, 1.165) is 11.3 Å². The molecule has 8 heteroatoms. The summed E-state index contributed by atoms with van der Waals surface area (Å²) in [5.74, 6) is 0.427. The van der Waals surface area contributed by atoms with Crippen LogP contribution in [0.4, 0.5) is 11.4 Å². The van der Waals surface area contributed by atoms with Crippen molar-refractivity contribution in [3.05, 3.63) is 35.2 Å². The highest BCUT2D eigenvalue weighted by Crippen LogP contribution is 2.35. The molecule has 1 aromatic heterocycles. The molecule has 0 saturated carbocycles. The summed E-state index contributed by atoms with van der Waals surface area (Å²) in [6.07, 6.45) is 0.799. The lowest BCUT2D eigenvalue weighted by Gasteiger charge is -2.29. The Kier molecular flexibility index (Phi) is 4.51. The highest BCUT2D eigenvalue weighted by atomic mass is 32.2. The average Bonchev–Trinajstić information content (AvgIpc) is 3.03. The fraction of sp³-hybridized carbons (Fsp3) is 0.312. The van der Waals surface area contributed by atoms with Gasteiger partial charge >= 0.3 is 0 Å². The number of rotatable bonds is 4. The smallest absolute Gasteiger partial charge is 0.271 e. The van der Waals surface area contributed by atoms with Crippen molar-refractivity contribution in [3.8, 4) is 5.75 Å². The SMILES string of the molecule is CCc1ccc(S(=O)(=O)Nc2ccc3c(c2)OCCN3C(C)=O)s1. The van der Waals surface area contributed by atoms with Gasteiger partial charge in [-0.2, -0.15) is 0 Å². The number of fused-ring (bicyclic) bond motifs is 1. The second kappa shape index (κ2) is 6.45. The first-order chi connectivity index (χ1) is 11.4. The topological polar surface area (TPSA) is 75.7 Å². The van der Waals surface area contributed by atoms with Crippen molar-refractivity contribution >= 4 is 38.6 Å². The number of anilines is 2. The fourth-order valence-corrected chi connectivity index (χ4v) is 4.85. The Morgan fingerprint density at radius 1 is 1.33 bits per heavy atom. The normalized spacial score (nSPS) is 14.0. The van der Waals surface area contributed by atoms with Crippen LogP contribution in [0.1, 0.15) is 18.7 Å². The van der Waals surface area contributed by atoms with Crippen LogP contribution >= 0.6 is 11.3 Å². The third-order valence-electron chi connectivity index (χ3n) is 3.71. The maximum atomic E-state index is 12.5. The molecular formula is C16H18N2O4S2. The molecule has 3 rings (SSSR count). The predicted octanol–water partition coefficient (Wildman–Crippen LogP) is 2.86. The van der Waals surface area contributed by atoms with Gasteiger partial charge in [-0.1, -0.05) is 6.92 Å². The summed E-state index contributed by atoms with van der Waals surface area (Å²) in [7, 11) is -3.63. The number of hydrogen-bond donors (Lipinski definition) is 1. The molecule has 0 unspecified atom stereocenters. The van der Waals surface area contributed by atoms with Crippen LogP contribution in [0.3, 0.4) is 0 Å². The van der Waals surface area contributed by atoms with Crippen molar-refractivity contribution in [2.24, 2.45) is 0 Å². The van der Waals surface area contributed by atoms with Gasteiger partial charge < -0.3 is 9.64 Å². The Labute approximate surface area is 145 Å². The highest BCUT2D eigenvalue weighted by Gasteiger charge is 2.23. The van der Waals surface area contributed by atoms with E-state index in [2.05, 4.69) is 4.72 Å². The molecule has 2 heterocycles. The number of benzene rings is 1. The Bertz CT molecular complexity index is 874. The van der Waals surface area contributed by atoms with E-state index < -0.39 is 10.0 Å². The number of carbonyl (C=O) groups is 1. The molecule has 1 aromatic carbocycles. The predicted molar refractivity (Wildman–Crippen MR) is 94.5 cm³/mol. The zero-order chi connectivity index (χ0) is 17.3. The second-order valence-corrected chi connectivity index (χ2v) is 8.46. The van der Waals surface area contributed by atoms with Crippen LogP contribution in [0.5, 0.6) is 5.75 Å². The number of nitrogens with zero attached hydrogens (tertiary/aromatic N) is 1. The Balaban J connectivity index is 1.87. The van der Waals surface area contributed by atoms with Crippen LogP contribution in [0.25, 0.3) is 0 Å². The van der Waals surface area contributed by atoms with Gasteiger partial charge in [0.05, 0.1) is 17.9 Å². The van der Waals surface area contributed by atoms with E-state index in [0.29, 0.717) is 30.3 Å². The zero-order valence-electron chi connectivity index (χ0n) is 13.4. The summed E-state index contributed by atoms with van der Waals surface area (Å²) in [6, 6.07) is 8.36. The Hall–Kier alpha value is -2.06. The number of ether oxygens (including phenoxy) is 1. The van der Waals surface area contributed by atoms with Crippen LogP contribution in [0.15, 0.2) is 34.5 Å². The molecule has 0 saturated heterocycles. The molecule has 0 fully saturated rings. The Morgan fingerprint density at radius 2 is 2.12 bits per heavy atom. The van der Waals surface area contributed by atoms with Crippen molar-refractivity contribution in [1.29, 1.82) is 0 Å². The minimum absolute atomic E-state index is 0.0708. The molecule has 2 aromatic rings. The van der Waals surface area contributed by atoms with Crippen molar-refractivity contribution in [3.63, 3.8) is 0 Å². The number of amides is 1. The van der Waals surface area contributed by atoms with E-state index in [1.54, 1.807) is 29.2 Å². The monoisotopic (exact) mass is 366 g/mol. The highest BCUT2D eigenvalue weighted by molar-refractivity contribution is 7.94. The standard InChI is InChI=1S/C16H18N2O4S2/c1-3-13-5-7-16(23-13)24(20,21)17-12-4-6-14-15(10-12)22-9-8-18(14)11(2)19/h4-7,10,17H,3,8-9H2,1-2H3. The van der Waals surface area contributed by atoms with Crippen molar-refractivity contribution in [2.45, 2.75) is 24.5 Å². The van der Waals surface area contributed by atoms with E-state index >= 15 is 0 Å². The Morgan fingerprint density at radius 3 is 2.79 bits per heavy atom. The summed E-state index contributed by atoms with van der Waals surface area (Å²) >= 11 is 1.26. The molecule has 1 aliphatic heterocycles. The summed E-state index contributed by atoms with van der Waals surface area (Å²) in [5.41, 5.74) is 1.06. The first kappa shape index (κ1) is 16.8. The molecule has 0 atom stereocenters. The number of thiophene rings is 1. The van der Waals surface area contributed by atoms with Crippen LogP contribution in [-0.4, -0.2) is 27.5 Å². The van der Waals surface area contributed by atoms with Gasteiger partial charge in [-0.3, -0.25) is 9.52 Å². The lowest BCUT2D eigenvalue weighted by atomic mass is 10.2. The maximum absolute atomic E-state index is 12.5. The molecule has 6 nitrogen and oxygen atoms in total. The van der Waals surface area contributed by atoms with Crippen LogP contribution in [-0.2, 0) is 21.2 Å². The van der Waals surface area contributed by atoms with Crippen LogP contribution in [0, 0.1) is 0 Å². The van der Waals surface area contributed by atoms with E-state index in [1.165, 1.54) is 18.3 Å². The molecule has 24 heavy (non-hydrogen) atoms. The maximum Gasteiger partial charge on any atom is 0.271 e. The van der Waals surface area contributed by atoms with Gasteiger partial charge in [0.1, 0.15) is 16.6 Å². The second-order valence-electron chi connectivity index (χ2n) is 5.38. The van der Waals surface area contributed by atoms with Gasteiger partial charge in [-0.15, -0.1) is 11.3 Å². The van der Waals surface area contributed by atoms with E-state index in [1.807, 2.05) is 13.0 Å². The van der Waals surface area contributed by atoms with Crippen molar-refractivity contribution < 1.29 is 17.9 Å². The number of carbonyl (C=O) groups excluding carboxylic acids is 1. The summed E-state index contributed by atoms with van der Waals surface area (Å²) in [4.78, 5) is 14.3. The number of nitrogens with one attached hydrogen (secondary N) is 1. The van der Waals surface area contributed by atoms with Crippen LogP contribution in [0.2, 0.25) is 0 Å². The summed E-state index contributed by atoms with van der Waals surface area (Å²) < 4.78 is 33.3. The number of aryl methyl sites for hydroxylation is 1. The summed E-state index contributed by atoms with van der Waals surface area (Å²) in [6.45, 7) is 4.35. The number of hydrogen-bond acceptors (Lipinski definition) is 5. The third kappa shape index (κ3) is 3.25. The molecule has 0 aliphatic carbocycles. The van der Waals surface area contributed by atoms with E-state index in [9.17, 15) is 13.2 Å². The van der Waals surface area contributed by atoms with Gasteiger partial charge in [0.25, 0.3) is 10.0 Å². The minimum Gasteiger partial charge on any atom is -0.489 e. The van der Waals surface area contributed by atoms with Crippen LogP contribution < -0.4 is 14.4 Å². The number of sulfonamides is 1. The van der Waals surface area contributed by atoms with Crippen molar-refractivity contribution in [2.75, 3.05) is 22.8 Å². The molecular weight excluding hydrogens is 348 g/mol. The van der Waals surface area contributed by atoms with Gasteiger partial charge in [-0.05, 0) is 30.7 Å². The van der Waals surface area contributed by atoms with Gasteiger partial charge in [0.2, 0.25) is 5.91 Å². The minimum atomic E-state index is -3.63. The lowest BCUT2D eigenvalue weighted by Crippen LogP contribution is -2.36. The van der Waals surface area contributed by atoms with E-state index in [-0.39, 0.29) is 10.1 Å². The van der Waals surface area contributed by atoms with Gasteiger partial charge in [0.15, 0.2) is 0 Å². The lowest BCUT2D eigenvalue weighted by molar-refractivity contribution is -0.116. The molecule has 1 N–H and O–H groups in total.